The molecule has 0 saturated carbocycles. The smallest absolute Gasteiger partial charge is 0.0991 e. The second-order valence-corrected chi connectivity index (χ2v) is 14.8. The minimum absolute atomic E-state index is 0.0756. The van der Waals surface area contributed by atoms with Gasteiger partial charge in [0.25, 0.3) is 0 Å². The Kier molecular flexibility index (Phi) is 5.64. The van der Waals surface area contributed by atoms with Crippen LogP contribution in [0, 0.1) is 34.0 Å². The van der Waals surface area contributed by atoms with E-state index >= 15 is 0 Å². The molecule has 4 aliphatic carbocycles. The Morgan fingerprint density at radius 2 is 1.86 bits per heavy atom. The Labute approximate surface area is 265 Å². The first kappa shape index (κ1) is 26.0. The van der Waals surface area contributed by atoms with Crippen molar-refractivity contribution in [2.75, 3.05) is 0 Å². The Morgan fingerprint density at radius 3 is 2.75 bits per heavy atom. The first-order valence-corrected chi connectivity index (χ1v) is 17.1. The lowest BCUT2D eigenvalue weighted by atomic mass is 9.74. The summed E-state index contributed by atoms with van der Waals surface area (Å²) in [6, 6.07) is 15.7. The largest absolute Gasteiger partial charge is 0.336 e. The molecule has 2 aromatic carbocycles. The van der Waals surface area contributed by atoms with E-state index in [1.165, 1.54) is 68.8 Å². The Hall–Kier alpha value is -4.42. The number of hydrogen-bond acceptors (Lipinski definition) is 5. The molecular weight excluding hydrogens is 575 g/mol. The van der Waals surface area contributed by atoms with Crippen LogP contribution in [0.2, 0.25) is 0 Å². The number of benzene rings is 2. The summed E-state index contributed by atoms with van der Waals surface area (Å²) in [5.74, 6) is -0.114. The third-order valence-electron chi connectivity index (χ3n) is 10.2. The van der Waals surface area contributed by atoms with Crippen LogP contribution in [0.25, 0.3) is 36.3 Å². The van der Waals surface area contributed by atoms with E-state index < -0.39 is 0 Å². The molecule has 2 aromatic heterocycles. The van der Waals surface area contributed by atoms with Gasteiger partial charge in [-0.05, 0) is 91.7 Å². The van der Waals surface area contributed by atoms with E-state index in [1.807, 2.05) is 34.8 Å². The van der Waals surface area contributed by atoms with Gasteiger partial charge in [0.2, 0.25) is 0 Å². The second-order valence-electron chi connectivity index (χ2n) is 12.6. The zero-order valence-corrected chi connectivity index (χ0v) is 26.1. The van der Waals surface area contributed by atoms with Crippen molar-refractivity contribution in [3.05, 3.63) is 123 Å². The molecule has 1 aliphatic heterocycles. The first-order valence-electron chi connectivity index (χ1n) is 15.5. The number of nitriles is 2. The zero-order chi connectivity index (χ0) is 29.6. The van der Waals surface area contributed by atoms with Gasteiger partial charge in [-0.3, -0.25) is 0 Å². The summed E-state index contributed by atoms with van der Waals surface area (Å²) >= 11 is 3.79. The van der Waals surface area contributed by atoms with Crippen molar-refractivity contribution >= 4 is 59.0 Å². The third-order valence-corrected chi connectivity index (χ3v) is 12.8. The fourth-order valence-corrected chi connectivity index (χ4v) is 10.6. The normalized spacial score (nSPS) is 25.4. The highest BCUT2D eigenvalue weighted by atomic mass is 32.1. The summed E-state index contributed by atoms with van der Waals surface area (Å²) < 4.78 is 3.93. The highest BCUT2D eigenvalue weighted by Gasteiger charge is 2.48. The maximum Gasteiger partial charge on any atom is 0.0991 e. The minimum atomic E-state index is -0.114. The monoisotopic (exact) mass is 603 g/mol. The Bertz CT molecular complexity index is 2260. The minimum Gasteiger partial charge on any atom is -0.336 e. The molecule has 0 spiro atoms. The van der Waals surface area contributed by atoms with Crippen molar-refractivity contribution in [3.8, 4) is 12.1 Å². The van der Waals surface area contributed by atoms with Crippen LogP contribution in [0.3, 0.4) is 0 Å². The zero-order valence-electron chi connectivity index (χ0n) is 24.4. The molecule has 4 aromatic rings. The highest BCUT2D eigenvalue weighted by molar-refractivity contribution is 7.31. The van der Waals surface area contributed by atoms with Crippen molar-refractivity contribution in [2.45, 2.75) is 45.1 Å². The fourth-order valence-electron chi connectivity index (χ4n) is 8.05. The van der Waals surface area contributed by atoms with Gasteiger partial charge in [0, 0.05) is 42.5 Å². The van der Waals surface area contributed by atoms with Gasteiger partial charge < -0.3 is 4.90 Å². The van der Waals surface area contributed by atoms with E-state index in [2.05, 4.69) is 96.8 Å². The maximum atomic E-state index is 10.0. The van der Waals surface area contributed by atoms with Crippen molar-refractivity contribution in [3.63, 3.8) is 0 Å². The number of hydrogen-bond donors (Lipinski definition) is 0. The first-order chi connectivity index (χ1) is 21.6. The van der Waals surface area contributed by atoms with Crippen molar-refractivity contribution in [1.82, 2.24) is 4.90 Å². The van der Waals surface area contributed by atoms with E-state index in [1.54, 1.807) is 0 Å². The molecule has 0 fully saturated rings. The number of nitrogens with zero attached hydrogens (tertiary/aromatic N) is 3. The molecule has 0 N–H and O–H groups in total. The molecule has 0 saturated heterocycles. The lowest BCUT2D eigenvalue weighted by Crippen LogP contribution is -2.39. The van der Waals surface area contributed by atoms with Crippen LogP contribution in [0.4, 0.5) is 0 Å². The van der Waals surface area contributed by atoms with Gasteiger partial charge in [-0.1, -0.05) is 54.7 Å². The average Bonchev–Trinajstić information content (AvgIpc) is 3.71. The predicted octanol–water partition coefficient (Wildman–Crippen LogP) is 10.2. The Balaban J connectivity index is 1.18. The number of rotatable bonds is 2. The molecule has 3 heterocycles. The topological polar surface area (TPSA) is 50.8 Å². The highest BCUT2D eigenvalue weighted by Crippen LogP contribution is 2.54. The van der Waals surface area contributed by atoms with E-state index in [9.17, 15) is 10.5 Å². The quantitative estimate of drug-likeness (QED) is 0.229. The summed E-state index contributed by atoms with van der Waals surface area (Å²) in [5.41, 5.74) is 8.74. The number of fused-ring (bicyclic) bond motifs is 9. The molecule has 9 rings (SSSR count). The molecule has 44 heavy (non-hydrogen) atoms. The van der Waals surface area contributed by atoms with E-state index in [4.69, 9.17) is 0 Å². The molecule has 5 aliphatic rings. The standard InChI is InChI=1S/C39H29N3S2/c1-39-17-5-4-8-36(39)42(32-7-3-2-6-31(32)39)33-19-24(22-41)9-12-26(33)25-11-16-35-30(20-25)28-14-13-27-29-18-23(21-40)10-15-34(29)43-37(27)38(28)44-35/h2,4-6,8,10,12-15,17-20,24,36H,3,7,9,11,16H2,1H3/t24-,36?,39+/m0/s1. The molecule has 3 atom stereocenters. The number of thiophene rings is 2. The number of aryl methyl sites for hydroxylation is 1. The van der Waals surface area contributed by atoms with Crippen LogP contribution in [0.1, 0.15) is 48.6 Å². The van der Waals surface area contributed by atoms with Gasteiger partial charge in [-0.25, -0.2) is 0 Å². The van der Waals surface area contributed by atoms with Gasteiger partial charge in [0.05, 0.1) is 39.1 Å². The van der Waals surface area contributed by atoms with Crippen LogP contribution in [0.15, 0.2) is 107 Å². The second kappa shape index (κ2) is 9.54. The molecule has 5 heteroatoms. The Morgan fingerprint density at radius 1 is 0.977 bits per heavy atom. The molecule has 3 nitrogen and oxygen atoms in total. The lowest BCUT2D eigenvalue weighted by molar-refractivity contribution is 0.296. The van der Waals surface area contributed by atoms with Crippen LogP contribution < -0.4 is 0 Å². The molecule has 212 valence electrons. The fraction of sp³-hybridized carbons (Fsp3) is 0.231. The van der Waals surface area contributed by atoms with Crippen LogP contribution in [0.5, 0.6) is 0 Å². The van der Waals surface area contributed by atoms with Gasteiger partial charge in [0.15, 0.2) is 0 Å². The third kappa shape index (κ3) is 3.58. The summed E-state index contributed by atoms with van der Waals surface area (Å²) in [7, 11) is 0. The van der Waals surface area contributed by atoms with Crippen molar-refractivity contribution in [1.29, 1.82) is 10.5 Å². The van der Waals surface area contributed by atoms with Gasteiger partial charge >= 0.3 is 0 Å². The maximum absolute atomic E-state index is 10.0. The summed E-state index contributed by atoms with van der Waals surface area (Å²) in [6.45, 7) is 2.37. The summed E-state index contributed by atoms with van der Waals surface area (Å²) in [5, 5.41) is 23.3. The SMILES string of the molecule is C[C@]12C=CC=CC1N(C1=C[C@@H](C#N)CC=C1C1=Cc3c(sc4c3ccc3c5cc(C#N)ccc5sc34)CC1)C1=C2C=CCC1. The average molecular weight is 604 g/mol. The molecule has 1 unspecified atom stereocenters. The molecule has 0 amide bonds. The van der Waals surface area contributed by atoms with Crippen molar-refractivity contribution < 1.29 is 0 Å². The number of allylic oxidation sites excluding steroid dienone is 8. The predicted molar refractivity (Wildman–Crippen MR) is 183 cm³/mol. The van der Waals surface area contributed by atoms with Crippen LogP contribution in [-0.4, -0.2) is 10.9 Å². The van der Waals surface area contributed by atoms with Gasteiger partial charge in [-0.2, -0.15) is 10.5 Å². The molecule has 0 bridgehead atoms. The van der Waals surface area contributed by atoms with Crippen LogP contribution in [-0.2, 0) is 6.42 Å². The lowest BCUT2D eigenvalue weighted by Gasteiger charge is -2.39. The van der Waals surface area contributed by atoms with Gasteiger partial charge in [0.1, 0.15) is 0 Å². The molecular formula is C39H29N3S2. The van der Waals surface area contributed by atoms with E-state index in [0.29, 0.717) is 5.56 Å². The summed E-state index contributed by atoms with van der Waals surface area (Å²) in [4.78, 5) is 4.05. The van der Waals surface area contributed by atoms with E-state index in [0.717, 1.165) is 32.1 Å². The van der Waals surface area contributed by atoms with Crippen molar-refractivity contribution in [2.24, 2.45) is 11.3 Å². The van der Waals surface area contributed by atoms with Gasteiger partial charge in [-0.15, -0.1) is 22.7 Å². The molecule has 0 radical (unpaired) electrons. The van der Waals surface area contributed by atoms with E-state index in [-0.39, 0.29) is 17.4 Å². The van der Waals surface area contributed by atoms with Crippen LogP contribution >= 0.6 is 22.7 Å². The summed E-state index contributed by atoms with van der Waals surface area (Å²) in [6.07, 6.45) is 25.7.